The predicted molar refractivity (Wildman–Crippen MR) is 119 cm³/mol. The van der Waals surface area contributed by atoms with Crippen LogP contribution in [0.4, 0.5) is 4.79 Å². The summed E-state index contributed by atoms with van der Waals surface area (Å²) in [5.41, 5.74) is 3.35. The molecule has 2 aromatic carbocycles. The maximum atomic E-state index is 12.7. The molecular weight excluding hydrogens is 374 g/mol. The van der Waals surface area contributed by atoms with Crippen molar-refractivity contribution >= 4 is 16.9 Å². The van der Waals surface area contributed by atoms with Crippen molar-refractivity contribution in [1.29, 1.82) is 0 Å². The van der Waals surface area contributed by atoms with Gasteiger partial charge in [-0.05, 0) is 56.7 Å². The third-order valence-electron chi connectivity index (χ3n) is 5.02. The molecule has 0 aliphatic carbocycles. The lowest BCUT2D eigenvalue weighted by Crippen LogP contribution is -2.37. The number of rotatable bonds is 2. The van der Waals surface area contributed by atoms with E-state index in [1.54, 1.807) is 11.1 Å². The molecule has 152 valence electrons. The third kappa shape index (κ3) is 3.95. The molecule has 30 heavy (non-hydrogen) atoms. The fourth-order valence-electron chi connectivity index (χ4n) is 3.64. The van der Waals surface area contributed by atoms with Crippen molar-refractivity contribution in [2.24, 2.45) is 0 Å². The lowest BCUT2D eigenvalue weighted by Gasteiger charge is -2.27. The van der Waals surface area contributed by atoms with E-state index in [1.807, 2.05) is 58.0 Å². The van der Waals surface area contributed by atoms with Crippen LogP contribution < -0.4 is 0 Å². The van der Waals surface area contributed by atoms with Crippen molar-refractivity contribution in [3.8, 4) is 23.6 Å². The van der Waals surface area contributed by atoms with Crippen molar-refractivity contribution < 1.29 is 9.53 Å². The molecule has 5 nitrogen and oxygen atoms in total. The first-order valence-electron chi connectivity index (χ1n) is 9.96. The summed E-state index contributed by atoms with van der Waals surface area (Å²) in [6.07, 6.45) is 9.01. The van der Waals surface area contributed by atoms with E-state index in [2.05, 4.69) is 28.0 Å². The Balaban J connectivity index is 1.62. The molecule has 1 amide bonds. The standard InChI is InChI=1S/C25H25N3O2/c1-6-17-7-8-19-13-20(10-9-18(19)12-17)21-14-26-23(27-21)22-11-16(2)15-28(22)24(29)30-25(3,4)5/h1,7-14,22H,15H2,2-5H3,(H,26,27)/t22-/m0/s1. The minimum atomic E-state index is -0.545. The molecular formula is C25H25N3O2. The lowest BCUT2D eigenvalue weighted by atomic mass is 10.0. The zero-order chi connectivity index (χ0) is 21.5. The number of terminal acetylenes is 1. The van der Waals surface area contributed by atoms with E-state index in [9.17, 15) is 4.79 Å². The van der Waals surface area contributed by atoms with Crippen molar-refractivity contribution in [3.05, 3.63) is 65.6 Å². The average molecular weight is 399 g/mol. The number of carbonyl (C=O) groups is 1. The Morgan fingerprint density at radius 3 is 2.70 bits per heavy atom. The van der Waals surface area contributed by atoms with E-state index < -0.39 is 5.60 Å². The van der Waals surface area contributed by atoms with Crippen LogP contribution in [0.2, 0.25) is 0 Å². The number of aromatic amines is 1. The third-order valence-corrected chi connectivity index (χ3v) is 5.02. The Labute approximate surface area is 176 Å². The van der Waals surface area contributed by atoms with Crippen molar-refractivity contribution in [2.45, 2.75) is 39.3 Å². The minimum absolute atomic E-state index is 0.271. The molecule has 5 heteroatoms. The van der Waals surface area contributed by atoms with Gasteiger partial charge in [-0.15, -0.1) is 6.42 Å². The smallest absolute Gasteiger partial charge is 0.411 e. The zero-order valence-electron chi connectivity index (χ0n) is 17.7. The largest absolute Gasteiger partial charge is 0.444 e. The van der Waals surface area contributed by atoms with Crippen molar-refractivity contribution in [1.82, 2.24) is 14.9 Å². The molecule has 0 saturated carbocycles. The first kappa shape index (κ1) is 19.8. The topological polar surface area (TPSA) is 58.2 Å². The molecule has 1 aliphatic heterocycles. The Bertz CT molecular complexity index is 1190. The summed E-state index contributed by atoms with van der Waals surface area (Å²) in [5.74, 6) is 3.38. The highest BCUT2D eigenvalue weighted by Gasteiger charge is 2.33. The van der Waals surface area contributed by atoms with Crippen LogP contribution in [0.5, 0.6) is 0 Å². The second-order valence-corrected chi connectivity index (χ2v) is 8.67. The SMILES string of the molecule is C#Cc1ccc2cc(-c3cnc([C@@H]4C=C(C)CN4C(=O)OC(C)(C)C)[nH]3)ccc2c1. The number of H-pyrrole nitrogens is 1. The van der Waals surface area contributed by atoms with Crippen molar-refractivity contribution in [3.63, 3.8) is 0 Å². The molecule has 4 rings (SSSR count). The molecule has 0 saturated heterocycles. The molecule has 0 radical (unpaired) electrons. The van der Waals surface area contributed by atoms with Gasteiger partial charge in [0.15, 0.2) is 0 Å². The number of hydrogen-bond acceptors (Lipinski definition) is 3. The predicted octanol–water partition coefficient (Wildman–Crippen LogP) is 5.45. The summed E-state index contributed by atoms with van der Waals surface area (Å²) < 4.78 is 5.58. The molecule has 1 aliphatic rings. The highest BCUT2D eigenvalue weighted by atomic mass is 16.6. The Morgan fingerprint density at radius 1 is 1.23 bits per heavy atom. The van der Waals surface area contributed by atoms with Gasteiger partial charge in [-0.25, -0.2) is 9.78 Å². The molecule has 0 bridgehead atoms. The van der Waals surface area contributed by atoms with Crippen molar-refractivity contribution in [2.75, 3.05) is 6.54 Å². The van der Waals surface area contributed by atoms with Crippen LogP contribution in [0.25, 0.3) is 22.0 Å². The van der Waals surface area contributed by atoms with Crippen LogP contribution >= 0.6 is 0 Å². The highest BCUT2D eigenvalue weighted by molar-refractivity contribution is 5.87. The number of nitrogens with one attached hydrogen (secondary N) is 1. The minimum Gasteiger partial charge on any atom is -0.444 e. The summed E-state index contributed by atoms with van der Waals surface area (Å²) in [6, 6.07) is 11.9. The normalized spacial score (nSPS) is 16.4. The molecule has 0 unspecified atom stereocenters. The van der Waals surface area contributed by atoms with Gasteiger partial charge < -0.3 is 9.72 Å². The summed E-state index contributed by atoms with van der Waals surface area (Å²) >= 11 is 0. The summed E-state index contributed by atoms with van der Waals surface area (Å²) in [4.78, 5) is 22.3. The van der Waals surface area contributed by atoms with Crippen LogP contribution in [0.15, 0.2) is 54.2 Å². The van der Waals surface area contributed by atoms with E-state index >= 15 is 0 Å². The Hall–Kier alpha value is -3.52. The first-order valence-corrected chi connectivity index (χ1v) is 9.96. The van der Waals surface area contributed by atoms with Gasteiger partial charge in [0, 0.05) is 17.7 Å². The number of ether oxygens (including phenoxy) is 1. The maximum absolute atomic E-state index is 12.7. The fourth-order valence-corrected chi connectivity index (χ4v) is 3.64. The van der Waals surface area contributed by atoms with Crippen LogP contribution in [-0.4, -0.2) is 33.1 Å². The van der Waals surface area contributed by atoms with E-state index in [4.69, 9.17) is 11.2 Å². The van der Waals surface area contributed by atoms with Crippen LogP contribution in [0, 0.1) is 12.3 Å². The van der Waals surface area contributed by atoms with E-state index in [-0.39, 0.29) is 12.1 Å². The number of fused-ring (bicyclic) bond motifs is 1. The number of aromatic nitrogens is 2. The van der Waals surface area contributed by atoms with Crippen LogP contribution in [0.3, 0.4) is 0 Å². The number of imidazole rings is 1. The van der Waals surface area contributed by atoms with Gasteiger partial charge in [-0.3, -0.25) is 4.90 Å². The van der Waals surface area contributed by atoms with Gasteiger partial charge in [0.05, 0.1) is 11.9 Å². The quantitative estimate of drug-likeness (QED) is 0.460. The average Bonchev–Trinajstić information content (AvgIpc) is 3.32. The van der Waals surface area contributed by atoms with E-state index in [0.717, 1.165) is 39.0 Å². The number of amides is 1. The van der Waals surface area contributed by atoms with Crippen LogP contribution in [-0.2, 0) is 4.74 Å². The van der Waals surface area contributed by atoms with E-state index in [1.165, 1.54) is 0 Å². The zero-order valence-corrected chi connectivity index (χ0v) is 17.7. The summed E-state index contributed by atoms with van der Waals surface area (Å²) in [7, 11) is 0. The number of nitrogens with zero attached hydrogens (tertiary/aromatic N) is 2. The van der Waals surface area contributed by atoms with Gasteiger partial charge in [0.2, 0.25) is 0 Å². The second kappa shape index (κ2) is 7.38. The molecule has 1 aromatic heterocycles. The van der Waals surface area contributed by atoms with Crippen LogP contribution in [0.1, 0.15) is 45.1 Å². The fraction of sp³-hybridized carbons (Fsp3) is 0.280. The monoisotopic (exact) mass is 399 g/mol. The van der Waals surface area contributed by atoms with Gasteiger partial charge in [-0.1, -0.05) is 35.8 Å². The molecule has 0 spiro atoms. The summed E-state index contributed by atoms with van der Waals surface area (Å²) in [5, 5.41) is 2.20. The molecule has 1 atom stereocenters. The van der Waals surface area contributed by atoms with Gasteiger partial charge in [0.1, 0.15) is 17.5 Å². The van der Waals surface area contributed by atoms with Gasteiger partial charge >= 0.3 is 6.09 Å². The van der Waals surface area contributed by atoms with Gasteiger partial charge in [0.25, 0.3) is 0 Å². The Morgan fingerprint density at radius 2 is 1.97 bits per heavy atom. The molecule has 0 fully saturated rings. The molecule has 2 heterocycles. The molecule has 1 N–H and O–H groups in total. The first-order chi connectivity index (χ1) is 14.2. The second-order valence-electron chi connectivity index (χ2n) is 8.67. The Kier molecular flexibility index (Phi) is 4.87. The van der Waals surface area contributed by atoms with Gasteiger partial charge in [-0.2, -0.15) is 0 Å². The highest BCUT2D eigenvalue weighted by Crippen LogP contribution is 2.32. The van der Waals surface area contributed by atoms with E-state index in [0.29, 0.717) is 6.54 Å². The lowest BCUT2D eigenvalue weighted by molar-refractivity contribution is 0.0233. The molecule has 3 aromatic rings. The number of benzene rings is 2. The maximum Gasteiger partial charge on any atom is 0.411 e. The summed E-state index contributed by atoms with van der Waals surface area (Å²) in [6.45, 7) is 8.15. The number of hydrogen-bond donors (Lipinski definition) is 1. The number of carbonyl (C=O) groups excluding carboxylic acids is 1.